The largest absolute Gasteiger partial charge is 0.494 e. The minimum atomic E-state index is -0.0301. The van der Waals surface area contributed by atoms with Gasteiger partial charge in [0.25, 0.3) is 11.8 Å². The molecule has 2 amide bonds. The van der Waals surface area contributed by atoms with Gasteiger partial charge < -0.3 is 15.0 Å². The van der Waals surface area contributed by atoms with Crippen molar-refractivity contribution in [1.29, 1.82) is 0 Å². The molecule has 1 N–H and O–H groups in total. The van der Waals surface area contributed by atoms with Crippen LogP contribution in [0.5, 0.6) is 5.75 Å². The summed E-state index contributed by atoms with van der Waals surface area (Å²) in [5.41, 5.74) is 1.38. The first kappa shape index (κ1) is 17.5. The summed E-state index contributed by atoms with van der Waals surface area (Å²) in [6.45, 7) is 3.85. The van der Waals surface area contributed by atoms with Crippen molar-refractivity contribution in [2.75, 3.05) is 19.7 Å². The Hall–Kier alpha value is -2.34. The van der Waals surface area contributed by atoms with E-state index in [0.29, 0.717) is 30.8 Å². The molecular weight excluding hydrogens is 336 g/mol. The monoisotopic (exact) mass is 358 g/mol. The average Bonchev–Trinajstić information content (AvgIpc) is 3.18. The second-order valence-electron chi connectivity index (χ2n) is 6.01. The first-order chi connectivity index (χ1) is 12.2. The molecule has 0 radical (unpaired) electrons. The predicted octanol–water partition coefficient (Wildman–Crippen LogP) is 3.18. The second-order valence-corrected chi connectivity index (χ2v) is 6.79. The number of hydrogen-bond donors (Lipinski definition) is 1. The summed E-state index contributed by atoms with van der Waals surface area (Å²) in [4.78, 5) is 26.5. The van der Waals surface area contributed by atoms with E-state index < -0.39 is 0 Å². The lowest BCUT2D eigenvalue weighted by Gasteiger charge is -2.32. The minimum Gasteiger partial charge on any atom is -0.494 e. The Morgan fingerprint density at radius 1 is 1.16 bits per heavy atom. The van der Waals surface area contributed by atoms with Gasteiger partial charge in [0.05, 0.1) is 6.61 Å². The zero-order valence-electron chi connectivity index (χ0n) is 14.2. The Kier molecular flexibility index (Phi) is 5.71. The van der Waals surface area contributed by atoms with Gasteiger partial charge in [0.15, 0.2) is 0 Å². The van der Waals surface area contributed by atoms with Crippen LogP contribution in [-0.4, -0.2) is 42.5 Å². The normalized spacial score (nSPS) is 15.0. The Labute approximate surface area is 151 Å². The third-order valence-corrected chi connectivity index (χ3v) is 5.00. The van der Waals surface area contributed by atoms with Crippen LogP contribution in [0.3, 0.4) is 0 Å². The topological polar surface area (TPSA) is 58.6 Å². The molecule has 1 saturated heterocycles. The summed E-state index contributed by atoms with van der Waals surface area (Å²) in [7, 11) is 0. The van der Waals surface area contributed by atoms with Crippen LogP contribution in [0, 0.1) is 0 Å². The quantitative estimate of drug-likeness (QED) is 0.893. The van der Waals surface area contributed by atoms with Crippen molar-refractivity contribution >= 4 is 23.2 Å². The summed E-state index contributed by atoms with van der Waals surface area (Å²) in [6, 6.07) is 9.20. The second kappa shape index (κ2) is 8.16. The molecule has 1 aliphatic rings. The van der Waals surface area contributed by atoms with Crippen LogP contribution in [0.4, 0.5) is 0 Å². The van der Waals surface area contributed by atoms with E-state index in [9.17, 15) is 9.59 Å². The first-order valence-corrected chi connectivity index (χ1v) is 9.47. The van der Waals surface area contributed by atoms with Crippen molar-refractivity contribution in [3.8, 4) is 5.75 Å². The molecule has 2 aromatic rings. The molecular formula is C19H22N2O3S. The van der Waals surface area contributed by atoms with E-state index in [1.54, 1.807) is 12.1 Å². The van der Waals surface area contributed by atoms with E-state index in [0.717, 1.165) is 18.6 Å². The molecule has 0 aliphatic carbocycles. The number of likely N-dealkylation sites (tertiary alicyclic amines) is 1. The maximum absolute atomic E-state index is 12.6. The highest BCUT2D eigenvalue weighted by Gasteiger charge is 2.25. The van der Waals surface area contributed by atoms with Crippen molar-refractivity contribution in [3.05, 3.63) is 52.2 Å². The fourth-order valence-electron chi connectivity index (χ4n) is 2.93. The van der Waals surface area contributed by atoms with E-state index >= 15 is 0 Å². The van der Waals surface area contributed by atoms with Crippen molar-refractivity contribution in [2.45, 2.75) is 25.8 Å². The van der Waals surface area contributed by atoms with Crippen LogP contribution in [0.2, 0.25) is 0 Å². The van der Waals surface area contributed by atoms with Crippen LogP contribution in [0.1, 0.15) is 40.5 Å². The van der Waals surface area contributed by atoms with Crippen LogP contribution >= 0.6 is 11.3 Å². The zero-order valence-corrected chi connectivity index (χ0v) is 15.1. The van der Waals surface area contributed by atoms with Gasteiger partial charge in [-0.15, -0.1) is 0 Å². The molecule has 0 unspecified atom stereocenters. The third kappa shape index (κ3) is 4.39. The van der Waals surface area contributed by atoms with E-state index in [2.05, 4.69) is 5.32 Å². The smallest absolute Gasteiger partial charge is 0.253 e. The molecule has 0 bridgehead atoms. The summed E-state index contributed by atoms with van der Waals surface area (Å²) in [5, 5.41) is 6.80. The highest BCUT2D eigenvalue weighted by atomic mass is 32.1. The minimum absolute atomic E-state index is 0.0301. The van der Waals surface area contributed by atoms with Crippen LogP contribution in [0.25, 0.3) is 0 Å². The number of carbonyl (C=O) groups excluding carboxylic acids is 2. The lowest BCUT2D eigenvalue weighted by molar-refractivity contribution is 0.0698. The fraction of sp³-hybridized carbons (Fsp3) is 0.368. The highest BCUT2D eigenvalue weighted by Crippen LogP contribution is 2.17. The molecule has 0 saturated carbocycles. The summed E-state index contributed by atoms with van der Waals surface area (Å²) in [6.07, 6.45) is 1.55. The molecule has 132 valence electrons. The lowest BCUT2D eigenvalue weighted by atomic mass is 10.0. The Bertz CT molecular complexity index is 705. The van der Waals surface area contributed by atoms with E-state index in [4.69, 9.17) is 4.74 Å². The number of rotatable bonds is 5. The number of thiophene rings is 1. The summed E-state index contributed by atoms with van der Waals surface area (Å²) < 4.78 is 5.40. The number of amides is 2. The summed E-state index contributed by atoms with van der Waals surface area (Å²) >= 11 is 1.51. The first-order valence-electron chi connectivity index (χ1n) is 8.52. The van der Waals surface area contributed by atoms with Crippen molar-refractivity contribution < 1.29 is 14.3 Å². The molecule has 1 aliphatic heterocycles. The molecule has 3 rings (SSSR count). The van der Waals surface area contributed by atoms with Crippen LogP contribution in [-0.2, 0) is 0 Å². The molecule has 1 fully saturated rings. The molecule has 0 atom stereocenters. The number of piperidine rings is 1. The van der Waals surface area contributed by atoms with E-state index in [1.165, 1.54) is 11.3 Å². The van der Waals surface area contributed by atoms with Crippen molar-refractivity contribution in [2.24, 2.45) is 0 Å². The Morgan fingerprint density at radius 3 is 2.48 bits per heavy atom. The molecule has 6 heteroatoms. The number of benzene rings is 1. The molecule has 0 spiro atoms. The highest BCUT2D eigenvalue weighted by molar-refractivity contribution is 7.08. The van der Waals surface area contributed by atoms with E-state index in [1.807, 2.05) is 40.8 Å². The van der Waals surface area contributed by atoms with Gasteiger partial charge in [0.1, 0.15) is 5.75 Å². The molecule has 5 nitrogen and oxygen atoms in total. The van der Waals surface area contributed by atoms with Crippen LogP contribution in [0.15, 0.2) is 41.1 Å². The maximum atomic E-state index is 12.6. The van der Waals surface area contributed by atoms with Crippen molar-refractivity contribution in [1.82, 2.24) is 10.2 Å². The zero-order chi connectivity index (χ0) is 17.6. The number of nitrogens with one attached hydrogen (secondary N) is 1. The molecule has 2 heterocycles. The van der Waals surface area contributed by atoms with E-state index in [-0.39, 0.29) is 17.9 Å². The predicted molar refractivity (Wildman–Crippen MR) is 98.3 cm³/mol. The van der Waals surface area contributed by atoms with Gasteiger partial charge in [-0.05, 0) is 55.5 Å². The average molecular weight is 358 g/mol. The van der Waals surface area contributed by atoms with Gasteiger partial charge in [-0.1, -0.05) is 0 Å². The van der Waals surface area contributed by atoms with Gasteiger partial charge in [-0.3, -0.25) is 9.59 Å². The van der Waals surface area contributed by atoms with Gasteiger partial charge >= 0.3 is 0 Å². The maximum Gasteiger partial charge on any atom is 0.253 e. The van der Waals surface area contributed by atoms with Gasteiger partial charge in [-0.25, -0.2) is 0 Å². The summed E-state index contributed by atoms with van der Waals surface area (Å²) in [5.74, 6) is 0.775. The Balaban J connectivity index is 1.51. The number of carbonyl (C=O) groups is 2. The van der Waals surface area contributed by atoms with Gasteiger partial charge in [0.2, 0.25) is 0 Å². The fourth-order valence-corrected chi connectivity index (χ4v) is 3.57. The standard InChI is InChI=1S/C19H22N2O3S/c1-2-24-17-5-3-14(4-6-17)19(23)21-10-7-16(8-11-21)20-18(22)15-9-12-25-13-15/h3-6,9,12-13,16H,2,7-8,10-11H2,1H3,(H,20,22). The Morgan fingerprint density at radius 2 is 1.88 bits per heavy atom. The molecule has 25 heavy (non-hydrogen) atoms. The third-order valence-electron chi connectivity index (χ3n) is 4.31. The number of hydrogen-bond acceptors (Lipinski definition) is 4. The lowest BCUT2D eigenvalue weighted by Crippen LogP contribution is -2.46. The van der Waals surface area contributed by atoms with Gasteiger partial charge in [0, 0.05) is 35.6 Å². The number of ether oxygens (including phenoxy) is 1. The molecule has 1 aromatic carbocycles. The molecule has 1 aromatic heterocycles. The SMILES string of the molecule is CCOc1ccc(C(=O)N2CCC(NC(=O)c3ccsc3)CC2)cc1. The number of nitrogens with zero attached hydrogens (tertiary/aromatic N) is 1. The van der Waals surface area contributed by atoms with Crippen LogP contribution < -0.4 is 10.1 Å². The van der Waals surface area contributed by atoms with Gasteiger partial charge in [-0.2, -0.15) is 11.3 Å². The van der Waals surface area contributed by atoms with Crippen molar-refractivity contribution in [3.63, 3.8) is 0 Å².